The predicted molar refractivity (Wildman–Crippen MR) is 111 cm³/mol. The van der Waals surface area contributed by atoms with Gasteiger partial charge >= 0.3 is 12.4 Å². The van der Waals surface area contributed by atoms with Crippen LogP contribution in [0.15, 0.2) is 66.8 Å². The van der Waals surface area contributed by atoms with E-state index in [0.717, 1.165) is 18.2 Å². The zero-order valence-electron chi connectivity index (χ0n) is 17.9. The minimum Gasteiger partial charge on any atom is -0.497 e. The number of alkyl halides is 6. The van der Waals surface area contributed by atoms with Crippen LogP contribution in [0.25, 0.3) is 5.57 Å². The van der Waals surface area contributed by atoms with E-state index < -0.39 is 23.7 Å². The van der Waals surface area contributed by atoms with Crippen molar-refractivity contribution in [1.29, 1.82) is 10.5 Å². The first-order chi connectivity index (χ1) is 15.9. The van der Waals surface area contributed by atoms with Crippen molar-refractivity contribution in [2.75, 3.05) is 14.2 Å². The fourth-order valence-corrected chi connectivity index (χ4v) is 3.20. The Balaban J connectivity index is 2.71. The van der Waals surface area contributed by atoms with Crippen LogP contribution in [0.5, 0.6) is 11.5 Å². The summed E-state index contributed by atoms with van der Waals surface area (Å²) >= 11 is 0. The van der Waals surface area contributed by atoms with Gasteiger partial charge in [-0.3, -0.25) is 0 Å². The lowest BCUT2D eigenvalue weighted by Crippen LogP contribution is -2.53. The summed E-state index contributed by atoms with van der Waals surface area (Å²) in [4.78, 5) is 0. The van der Waals surface area contributed by atoms with Crippen LogP contribution in [0.1, 0.15) is 11.1 Å². The van der Waals surface area contributed by atoms with Gasteiger partial charge in [0, 0.05) is 0 Å². The number of methoxy groups -OCH3 is 2. The number of nitrogens with zero attached hydrogens (tertiary/aromatic N) is 2. The van der Waals surface area contributed by atoms with Crippen molar-refractivity contribution in [1.82, 2.24) is 0 Å². The Morgan fingerprint density at radius 1 is 0.765 bits per heavy atom. The molecule has 0 N–H and O–H groups in total. The number of halogens is 6. The van der Waals surface area contributed by atoms with E-state index in [0.29, 0.717) is 28.7 Å². The molecular formula is C24H18F6N2O2. The van der Waals surface area contributed by atoms with Crippen LogP contribution in [-0.2, 0) is 0 Å². The maximum Gasteiger partial charge on any atom is 0.408 e. The third-order valence-electron chi connectivity index (χ3n) is 5.08. The van der Waals surface area contributed by atoms with Crippen LogP contribution >= 0.6 is 0 Å². The minimum absolute atomic E-state index is 0.183. The van der Waals surface area contributed by atoms with Crippen molar-refractivity contribution in [2.45, 2.75) is 12.4 Å². The second-order valence-electron chi connectivity index (χ2n) is 6.95. The van der Waals surface area contributed by atoms with E-state index in [1.165, 1.54) is 14.2 Å². The van der Waals surface area contributed by atoms with Gasteiger partial charge in [-0.2, -0.15) is 36.9 Å². The molecule has 0 fully saturated rings. The van der Waals surface area contributed by atoms with E-state index in [1.807, 2.05) is 0 Å². The molecule has 0 radical (unpaired) electrons. The van der Waals surface area contributed by atoms with Gasteiger partial charge in [-0.1, -0.05) is 42.5 Å². The van der Waals surface area contributed by atoms with Crippen molar-refractivity contribution in [3.8, 4) is 23.6 Å². The molecule has 0 atom stereocenters. The van der Waals surface area contributed by atoms with Gasteiger partial charge in [0.05, 0.1) is 26.4 Å². The molecule has 2 aromatic carbocycles. The molecule has 0 aromatic heterocycles. The van der Waals surface area contributed by atoms with Gasteiger partial charge in [-0.05, 0) is 41.0 Å². The molecule has 4 nitrogen and oxygen atoms in total. The first kappa shape index (κ1) is 26.3. The summed E-state index contributed by atoms with van der Waals surface area (Å²) in [6, 6.07) is 14.3. The highest BCUT2D eigenvalue weighted by molar-refractivity contribution is 5.81. The highest BCUT2D eigenvalue weighted by Crippen LogP contribution is 2.56. The second kappa shape index (κ2) is 10.3. The van der Waals surface area contributed by atoms with Crippen molar-refractivity contribution in [3.63, 3.8) is 0 Å². The maximum absolute atomic E-state index is 13.7. The molecule has 2 rings (SSSR count). The number of allylic oxidation sites excluding steroid dienone is 3. The minimum atomic E-state index is -5.95. The van der Waals surface area contributed by atoms with E-state index in [4.69, 9.17) is 20.0 Å². The topological polar surface area (TPSA) is 66.0 Å². The fourth-order valence-electron chi connectivity index (χ4n) is 3.20. The Bertz CT molecular complexity index is 1040. The number of hydrogen-bond acceptors (Lipinski definition) is 4. The molecule has 0 saturated carbocycles. The predicted octanol–water partition coefficient (Wildman–Crippen LogP) is 6.47. The van der Waals surface area contributed by atoms with E-state index >= 15 is 0 Å². The van der Waals surface area contributed by atoms with Crippen LogP contribution < -0.4 is 9.47 Å². The molecule has 34 heavy (non-hydrogen) atoms. The lowest BCUT2D eigenvalue weighted by Gasteiger charge is -2.35. The lowest BCUT2D eigenvalue weighted by molar-refractivity contribution is -0.328. The number of hydrogen-bond donors (Lipinski definition) is 0. The third kappa shape index (κ3) is 5.18. The van der Waals surface area contributed by atoms with Crippen LogP contribution in [0.4, 0.5) is 26.3 Å². The average molecular weight is 480 g/mol. The van der Waals surface area contributed by atoms with Crippen LogP contribution in [0, 0.1) is 34.0 Å². The van der Waals surface area contributed by atoms with Crippen LogP contribution in [0.2, 0.25) is 0 Å². The molecule has 0 spiro atoms. The third-order valence-corrected chi connectivity index (χ3v) is 5.08. The van der Waals surface area contributed by atoms with E-state index in [2.05, 4.69) is 0 Å². The summed E-state index contributed by atoms with van der Waals surface area (Å²) in [6.07, 6.45) is -10.5. The van der Waals surface area contributed by atoms with Crippen LogP contribution in [-0.4, -0.2) is 26.6 Å². The molecule has 0 unspecified atom stereocenters. The van der Waals surface area contributed by atoms with Gasteiger partial charge in [0.2, 0.25) is 5.41 Å². The molecule has 0 saturated heterocycles. The number of nitriles is 2. The first-order valence-corrected chi connectivity index (χ1v) is 9.56. The smallest absolute Gasteiger partial charge is 0.408 e. The van der Waals surface area contributed by atoms with Gasteiger partial charge in [0.1, 0.15) is 11.5 Å². The fraction of sp³-hybridized carbons (Fsp3) is 0.250. The Morgan fingerprint density at radius 3 is 1.44 bits per heavy atom. The number of benzene rings is 2. The summed E-state index contributed by atoms with van der Waals surface area (Å²) in [5.41, 5.74) is -3.45. The van der Waals surface area contributed by atoms with Gasteiger partial charge in [-0.25, -0.2) is 0 Å². The monoisotopic (exact) mass is 480 g/mol. The second-order valence-corrected chi connectivity index (χ2v) is 6.95. The summed E-state index contributed by atoms with van der Waals surface area (Å²) in [5, 5.41) is 17.8. The molecule has 0 aliphatic rings. The Hall–Kier alpha value is -3.92. The van der Waals surface area contributed by atoms with E-state index in [9.17, 15) is 26.3 Å². The highest BCUT2D eigenvalue weighted by Gasteiger charge is 2.73. The first-order valence-electron chi connectivity index (χ1n) is 9.56. The van der Waals surface area contributed by atoms with Gasteiger partial charge in [0.15, 0.2) is 5.92 Å². The molecule has 0 amide bonds. The lowest BCUT2D eigenvalue weighted by atomic mass is 9.74. The molecule has 10 heteroatoms. The highest BCUT2D eigenvalue weighted by atomic mass is 19.4. The van der Waals surface area contributed by atoms with Gasteiger partial charge in [-0.15, -0.1) is 0 Å². The van der Waals surface area contributed by atoms with Crippen molar-refractivity contribution >= 4 is 5.57 Å². The standard InChI is InChI=1S/C24H18F6N2O2/c1-33-19-9-5-16(6-10-19)21(17-7-11-20(34-2)12-8-17)4-3-13-22(23(25,26)27,24(28,29)30)18(14-31)15-32/h3-13,18H,1-2H3/b13-3+. The SMILES string of the molecule is COc1ccc(C(=C/C=C/C(C(C#N)C#N)(C(F)(F)F)C(F)(F)F)c2ccc(OC)cc2)cc1. The molecule has 178 valence electrons. The molecule has 0 aliphatic carbocycles. The number of ether oxygens (including phenoxy) is 2. The summed E-state index contributed by atoms with van der Waals surface area (Å²) < 4.78 is 92.4. The Kier molecular flexibility index (Phi) is 8.01. The number of rotatable bonds is 7. The Labute approximate surface area is 191 Å². The summed E-state index contributed by atoms with van der Waals surface area (Å²) in [6.45, 7) is 0. The normalized spacial score (nSPS) is 12.2. The molecule has 2 aromatic rings. The van der Waals surface area contributed by atoms with Crippen molar-refractivity contribution in [3.05, 3.63) is 77.9 Å². The van der Waals surface area contributed by atoms with Gasteiger partial charge < -0.3 is 9.47 Å². The van der Waals surface area contributed by atoms with Crippen LogP contribution in [0.3, 0.4) is 0 Å². The van der Waals surface area contributed by atoms with E-state index in [1.54, 1.807) is 48.5 Å². The van der Waals surface area contributed by atoms with E-state index in [-0.39, 0.29) is 11.6 Å². The quantitative estimate of drug-likeness (QED) is 0.337. The van der Waals surface area contributed by atoms with Gasteiger partial charge in [0.25, 0.3) is 0 Å². The maximum atomic E-state index is 13.7. The average Bonchev–Trinajstić information content (AvgIpc) is 2.80. The molecule has 0 heterocycles. The summed E-state index contributed by atoms with van der Waals surface area (Å²) in [5.74, 6) is -2.05. The zero-order valence-corrected chi connectivity index (χ0v) is 17.9. The molecule has 0 aliphatic heterocycles. The molecule has 0 bridgehead atoms. The Morgan fingerprint density at radius 2 is 1.15 bits per heavy atom. The van der Waals surface area contributed by atoms with Crippen molar-refractivity contribution in [2.24, 2.45) is 11.3 Å². The summed E-state index contributed by atoms with van der Waals surface area (Å²) in [7, 11) is 2.87. The molecular weight excluding hydrogens is 462 g/mol. The zero-order chi connectivity index (χ0) is 25.6. The van der Waals surface area contributed by atoms with Crippen molar-refractivity contribution < 1.29 is 35.8 Å². The largest absolute Gasteiger partial charge is 0.497 e.